The van der Waals surface area contributed by atoms with Gasteiger partial charge in [0.2, 0.25) is 0 Å². The van der Waals surface area contributed by atoms with Crippen molar-refractivity contribution in [2.75, 3.05) is 5.32 Å². The number of benzene rings is 2. The highest BCUT2D eigenvalue weighted by Crippen LogP contribution is 2.30. The molecule has 0 bridgehead atoms. The van der Waals surface area contributed by atoms with Crippen LogP contribution >= 0.6 is 23.2 Å². The Balaban J connectivity index is 1.97. The SMILES string of the molecule is CC1=C(C(=O)Nc2ccccc2Cl)C(c2cccc(Cl)c2)NC(=O)N1. The van der Waals surface area contributed by atoms with Gasteiger partial charge in [0, 0.05) is 10.7 Å². The smallest absolute Gasteiger partial charge is 0.319 e. The maximum atomic E-state index is 12.9. The summed E-state index contributed by atoms with van der Waals surface area (Å²) in [6, 6.07) is 13.0. The molecule has 3 rings (SSSR count). The Morgan fingerprint density at radius 1 is 1.12 bits per heavy atom. The number of allylic oxidation sites excluding steroid dienone is 1. The van der Waals surface area contributed by atoms with E-state index in [-0.39, 0.29) is 11.9 Å². The fraction of sp³-hybridized carbons (Fsp3) is 0.111. The number of amides is 3. The molecule has 2 aromatic carbocycles. The van der Waals surface area contributed by atoms with Crippen molar-refractivity contribution in [3.05, 3.63) is 75.4 Å². The average molecular weight is 376 g/mol. The lowest BCUT2D eigenvalue weighted by molar-refractivity contribution is -0.113. The molecule has 0 spiro atoms. The van der Waals surface area contributed by atoms with Gasteiger partial charge in [-0.3, -0.25) is 4.79 Å². The first-order chi connectivity index (χ1) is 12.0. The van der Waals surface area contributed by atoms with Crippen LogP contribution in [0.15, 0.2) is 59.8 Å². The van der Waals surface area contributed by atoms with E-state index in [2.05, 4.69) is 16.0 Å². The Morgan fingerprint density at radius 3 is 2.60 bits per heavy atom. The molecule has 128 valence electrons. The molecule has 0 aromatic heterocycles. The van der Waals surface area contributed by atoms with Crippen LogP contribution in [0.5, 0.6) is 0 Å². The largest absolute Gasteiger partial charge is 0.327 e. The van der Waals surface area contributed by atoms with Crippen molar-refractivity contribution in [1.29, 1.82) is 0 Å². The molecule has 0 saturated carbocycles. The summed E-state index contributed by atoms with van der Waals surface area (Å²) < 4.78 is 0. The zero-order chi connectivity index (χ0) is 18.0. The van der Waals surface area contributed by atoms with E-state index in [1.807, 2.05) is 0 Å². The summed E-state index contributed by atoms with van der Waals surface area (Å²) in [6.07, 6.45) is 0. The van der Waals surface area contributed by atoms with Crippen molar-refractivity contribution in [2.45, 2.75) is 13.0 Å². The van der Waals surface area contributed by atoms with Crippen molar-refractivity contribution >= 4 is 40.8 Å². The second-order valence-electron chi connectivity index (χ2n) is 5.56. The Hall–Kier alpha value is -2.50. The van der Waals surface area contributed by atoms with Gasteiger partial charge < -0.3 is 16.0 Å². The minimum atomic E-state index is -0.616. The Morgan fingerprint density at radius 2 is 1.88 bits per heavy atom. The molecule has 1 aliphatic rings. The van der Waals surface area contributed by atoms with Gasteiger partial charge >= 0.3 is 6.03 Å². The number of anilines is 1. The lowest BCUT2D eigenvalue weighted by Crippen LogP contribution is -2.46. The number of urea groups is 1. The normalized spacial score (nSPS) is 16.9. The van der Waals surface area contributed by atoms with Crippen LogP contribution in [0, 0.1) is 0 Å². The number of rotatable bonds is 3. The van der Waals surface area contributed by atoms with Crippen molar-refractivity contribution in [2.24, 2.45) is 0 Å². The van der Waals surface area contributed by atoms with Crippen LogP contribution in [0.3, 0.4) is 0 Å². The minimum absolute atomic E-state index is 0.358. The molecule has 1 heterocycles. The number of hydrogen-bond acceptors (Lipinski definition) is 2. The second kappa shape index (κ2) is 7.17. The molecule has 0 radical (unpaired) electrons. The third kappa shape index (κ3) is 3.78. The van der Waals surface area contributed by atoms with Gasteiger partial charge in [0.1, 0.15) is 0 Å². The standard InChI is InChI=1S/C18H15Cl2N3O2/c1-10-15(17(24)22-14-8-3-2-7-13(14)20)16(23-18(25)21-10)11-5-4-6-12(19)9-11/h2-9,16H,1H3,(H,22,24)(H2,21,23,25). The molecule has 3 amide bonds. The van der Waals surface area contributed by atoms with E-state index in [0.717, 1.165) is 0 Å². The van der Waals surface area contributed by atoms with E-state index in [1.165, 1.54) is 0 Å². The molecule has 1 unspecified atom stereocenters. The van der Waals surface area contributed by atoms with Gasteiger partial charge in [0.25, 0.3) is 5.91 Å². The average Bonchev–Trinajstić information content (AvgIpc) is 2.56. The lowest BCUT2D eigenvalue weighted by Gasteiger charge is -2.28. The van der Waals surface area contributed by atoms with E-state index in [4.69, 9.17) is 23.2 Å². The molecule has 2 aromatic rings. The molecular formula is C18H15Cl2N3O2. The molecule has 3 N–H and O–H groups in total. The van der Waals surface area contributed by atoms with Crippen LogP contribution in [-0.2, 0) is 4.79 Å². The monoisotopic (exact) mass is 375 g/mol. The Labute approximate surface area is 155 Å². The minimum Gasteiger partial charge on any atom is -0.327 e. The molecule has 0 fully saturated rings. The van der Waals surface area contributed by atoms with Crippen molar-refractivity contribution < 1.29 is 9.59 Å². The van der Waals surface area contributed by atoms with Gasteiger partial charge in [-0.2, -0.15) is 0 Å². The molecule has 1 atom stereocenters. The highest BCUT2D eigenvalue weighted by atomic mass is 35.5. The van der Waals surface area contributed by atoms with Gasteiger partial charge in [-0.05, 0) is 36.8 Å². The van der Waals surface area contributed by atoms with Crippen LogP contribution in [-0.4, -0.2) is 11.9 Å². The van der Waals surface area contributed by atoms with Crippen LogP contribution in [0.2, 0.25) is 10.0 Å². The molecule has 25 heavy (non-hydrogen) atoms. The van der Waals surface area contributed by atoms with Crippen molar-refractivity contribution in [3.63, 3.8) is 0 Å². The predicted octanol–water partition coefficient (Wildman–Crippen LogP) is 4.26. The summed E-state index contributed by atoms with van der Waals surface area (Å²) in [5, 5.41) is 9.13. The van der Waals surface area contributed by atoms with Crippen LogP contribution in [0.4, 0.5) is 10.5 Å². The van der Waals surface area contributed by atoms with E-state index in [0.29, 0.717) is 32.6 Å². The van der Waals surface area contributed by atoms with E-state index < -0.39 is 6.04 Å². The van der Waals surface area contributed by atoms with Crippen LogP contribution in [0.1, 0.15) is 18.5 Å². The summed E-state index contributed by atoms with van der Waals surface area (Å²) >= 11 is 12.2. The van der Waals surface area contributed by atoms with Crippen molar-refractivity contribution in [3.8, 4) is 0 Å². The Bertz CT molecular complexity index is 880. The number of para-hydroxylation sites is 1. The molecule has 5 nitrogen and oxygen atoms in total. The van der Waals surface area contributed by atoms with Gasteiger partial charge in [0.15, 0.2) is 0 Å². The highest BCUT2D eigenvalue weighted by Gasteiger charge is 2.31. The molecule has 7 heteroatoms. The van der Waals surface area contributed by atoms with Gasteiger partial charge in [-0.15, -0.1) is 0 Å². The lowest BCUT2D eigenvalue weighted by atomic mass is 9.95. The first-order valence-electron chi connectivity index (χ1n) is 7.55. The maximum absolute atomic E-state index is 12.9. The van der Waals surface area contributed by atoms with E-state index in [1.54, 1.807) is 55.5 Å². The van der Waals surface area contributed by atoms with E-state index >= 15 is 0 Å². The third-order valence-corrected chi connectivity index (χ3v) is 4.38. The molecular weight excluding hydrogens is 361 g/mol. The number of carbonyl (C=O) groups is 2. The maximum Gasteiger partial charge on any atom is 0.319 e. The summed E-state index contributed by atoms with van der Waals surface area (Å²) in [7, 11) is 0. The predicted molar refractivity (Wildman–Crippen MR) is 98.6 cm³/mol. The summed E-state index contributed by atoms with van der Waals surface area (Å²) in [5.41, 5.74) is 2.07. The molecule has 1 aliphatic heterocycles. The van der Waals surface area contributed by atoms with Gasteiger partial charge in [-0.1, -0.05) is 47.5 Å². The Kier molecular flexibility index (Phi) is 4.97. The zero-order valence-electron chi connectivity index (χ0n) is 13.3. The number of hydrogen-bond donors (Lipinski definition) is 3. The number of halogens is 2. The highest BCUT2D eigenvalue weighted by molar-refractivity contribution is 6.34. The van der Waals surface area contributed by atoms with Crippen LogP contribution < -0.4 is 16.0 Å². The summed E-state index contributed by atoms with van der Waals surface area (Å²) in [5.74, 6) is -0.358. The second-order valence-corrected chi connectivity index (χ2v) is 6.40. The summed E-state index contributed by atoms with van der Waals surface area (Å²) in [6.45, 7) is 1.68. The van der Waals surface area contributed by atoms with Crippen LogP contribution in [0.25, 0.3) is 0 Å². The molecule has 0 saturated heterocycles. The quantitative estimate of drug-likeness (QED) is 0.749. The van der Waals surface area contributed by atoms with E-state index in [9.17, 15) is 9.59 Å². The third-order valence-electron chi connectivity index (χ3n) is 3.82. The summed E-state index contributed by atoms with van der Waals surface area (Å²) in [4.78, 5) is 24.7. The zero-order valence-corrected chi connectivity index (χ0v) is 14.8. The van der Waals surface area contributed by atoms with Gasteiger partial charge in [-0.25, -0.2) is 4.79 Å². The molecule has 0 aliphatic carbocycles. The fourth-order valence-electron chi connectivity index (χ4n) is 2.68. The van der Waals surface area contributed by atoms with Gasteiger partial charge in [0.05, 0.1) is 22.3 Å². The number of carbonyl (C=O) groups excluding carboxylic acids is 2. The van der Waals surface area contributed by atoms with Crippen molar-refractivity contribution in [1.82, 2.24) is 10.6 Å². The first kappa shape index (κ1) is 17.3. The number of nitrogens with one attached hydrogen (secondary N) is 3. The fourth-order valence-corrected chi connectivity index (χ4v) is 3.06. The first-order valence-corrected chi connectivity index (χ1v) is 8.31. The topological polar surface area (TPSA) is 70.2 Å².